The Bertz CT molecular complexity index is 870. The maximum Gasteiger partial charge on any atom is 0.259 e. The molecule has 1 N–H and O–H groups in total. The number of hydrogen-bond donors (Lipinski definition) is 1. The number of ether oxygens (including phenoxy) is 1. The molecule has 0 unspecified atom stereocenters. The molecule has 5 nitrogen and oxygen atoms in total. The predicted octanol–water partition coefficient (Wildman–Crippen LogP) is 3.66. The van der Waals surface area contributed by atoms with E-state index >= 15 is 0 Å². The predicted molar refractivity (Wildman–Crippen MR) is 96.8 cm³/mol. The Kier molecular flexibility index (Phi) is 5.08. The van der Waals surface area contributed by atoms with Gasteiger partial charge in [-0.1, -0.05) is 31.0 Å². The largest absolute Gasteiger partial charge is 0.496 e. The second kappa shape index (κ2) is 7.27. The molecule has 0 atom stereocenters. The van der Waals surface area contributed by atoms with Gasteiger partial charge in [-0.3, -0.25) is 4.79 Å². The van der Waals surface area contributed by atoms with E-state index in [4.69, 9.17) is 4.74 Å². The molecule has 25 heavy (non-hydrogen) atoms. The van der Waals surface area contributed by atoms with Crippen molar-refractivity contribution in [3.8, 4) is 5.75 Å². The highest BCUT2D eigenvalue weighted by atomic mass is 32.2. The van der Waals surface area contributed by atoms with Crippen LogP contribution in [0.15, 0.2) is 53.4 Å². The minimum atomic E-state index is -3.35. The number of amides is 1. The summed E-state index contributed by atoms with van der Waals surface area (Å²) in [5, 5.41) is 2.44. The first kappa shape index (κ1) is 17.5. The third kappa shape index (κ3) is 3.69. The van der Waals surface area contributed by atoms with Gasteiger partial charge in [-0.15, -0.1) is 0 Å². The average Bonchev–Trinajstić information content (AvgIpc) is 3.17. The maximum atomic E-state index is 12.7. The Morgan fingerprint density at radius 1 is 1.08 bits per heavy atom. The molecule has 1 saturated carbocycles. The first-order valence-electron chi connectivity index (χ1n) is 8.30. The molecule has 0 heterocycles. The van der Waals surface area contributed by atoms with Crippen molar-refractivity contribution in [1.82, 2.24) is 0 Å². The maximum absolute atomic E-state index is 12.7. The molecule has 1 aliphatic carbocycles. The molecule has 0 aromatic heterocycles. The first-order chi connectivity index (χ1) is 12.0. The van der Waals surface area contributed by atoms with Crippen molar-refractivity contribution in [3.05, 3.63) is 54.1 Å². The quantitative estimate of drug-likeness (QED) is 0.884. The van der Waals surface area contributed by atoms with Crippen LogP contribution in [0.3, 0.4) is 0 Å². The number of nitrogens with one attached hydrogen (secondary N) is 1. The van der Waals surface area contributed by atoms with Crippen LogP contribution >= 0.6 is 0 Å². The number of carbonyl (C=O) groups excluding carboxylic acids is 1. The van der Waals surface area contributed by atoms with Gasteiger partial charge >= 0.3 is 0 Å². The van der Waals surface area contributed by atoms with E-state index in [1.807, 2.05) is 0 Å². The zero-order chi connectivity index (χ0) is 17.9. The van der Waals surface area contributed by atoms with Crippen molar-refractivity contribution >= 4 is 21.4 Å². The number of benzene rings is 2. The summed E-state index contributed by atoms with van der Waals surface area (Å²) in [5.74, 6) is 0.127. The van der Waals surface area contributed by atoms with E-state index in [0.29, 0.717) is 29.8 Å². The second-order valence-electron chi connectivity index (χ2n) is 6.13. The summed E-state index contributed by atoms with van der Waals surface area (Å²) in [4.78, 5) is 12.7. The van der Waals surface area contributed by atoms with Crippen molar-refractivity contribution in [2.45, 2.75) is 35.8 Å². The van der Waals surface area contributed by atoms with Gasteiger partial charge in [-0.25, -0.2) is 8.42 Å². The molecule has 0 saturated heterocycles. The summed E-state index contributed by atoms with van der Waals surface area (Å²) >= 11 is 0. The molecule has 0 radical (unpaired) electrons. The van der Waals surface area contributed by atoms with Gasteiger partial charge in [0.25, 0.3) is 5.91 Å². The van der Waals surface area contributed by atoms with Gasteiger partial charge in [-0.05, 0) is 43.2 Å². The molecule has 1 fully saturated rings. The van der Waals surface area contributed by atoms with Crippen molar-refractivity contribution < 1.29 is 17.9 Å². The van der Waals surface area contributed by atoms with Gasteiger partial charge in [0.1, 0.15) is 5.75 Å². The van der Waals surface area contributed by atoms with E-state index < -0.39 is 9.84 Å². The van der Waals surface area contributed by atoms with Crippen molar-refractivity contribution in [1.29, 1.82) is 0 Å². The highest BCUT2D eigenvalue weighted by Gasteiger charge is 2.30. The zero-order valence-electron chi connectivity index (χ0n) is 14.1. The molecule has 132 valence electrons. The summed E-state index contributed by atoms with van der Waals surface area (Å²) in [6.45, 7) is 0. The van der Waals surface area contributed by atoms with Crippen LogP contribution in [0.1, 0.15) is 36.0 Å². The molecule has 1 amide bonds. The standard InChI is InChI=1S/C19H21NO4S/c1-24-18-12-5-4-11-17(18)19(21)20-14-7-6-10-16(13-14)25(22,23)15-8-2-3-9-15/h4-7,10-13,15H,2-3,8-9H2,1H3,(H,20,21). The summed E-state index contributed by atoms with van der Waals surface area (Å²) in [6.07, 6.45) is 3.32. The smallest absolute Gasteiger partial charge is 0.259 e. The molecule has 0 bridgehead atoms. The molecule has 1 aliphatic rings. The normalized spacial score (nSPS) is 15.1. The first-order valence-corrected chi connectivity index (χ1v) is 9.85. The highest BCUT2D eigenvalue weighted by molar-refractivity contribution is 7.92. The fraction of sp³-hybridized carbons (Fsp3) is 0.316. The minimum absolute atomic E-state index is 0.261. The van der Waals surface area contributed by atoms with Crippen LogP contribution in [-0.4, -0.2) is 26.7 Å². The molecule has 2 aromatic rings. The number of sulfone groups is 1. The molecule has 6 heteroatoms. The van der Waals surface area contributed by atoms with Crippen molar-refractivity contribution in [3.63, 3.8) is 0 Å². The van der Waals surface area contributed by atoms with Crippen LogP contribution in [0.25, 0.3) is 0 Å². The third-order valence-electron chi connectivity index (χ3n) is 4.51. The summed E-state index contributed by atoms with van der Waals surface area (Å²) < 4.78 is 30.6. The molecule has 2 aromatic carbocycles. The minimum Gasteiger partial charge on any atom is -0.496 e. The number of hydrogen-bond acceptors (Lipinski definition) is 4. The van der Waals surface area contributed by atoms with Crippen molar-refractivity contribution in [2.75, 3.05) is 12.4 Å². The van der Waals surface area contributed by atoms with Crippen LogP contribution in [0.5, 0.6) is 5.75 Å². The lowest BCUT2D eigenvalue weighted by molar-refractivity contribution is 0.102. The SMILES string of the molecule is COc1ccccc1C(=O)Nc1cccc(S(=O)(=O)C2CCCC2)c1. The number of methoxy groups -OCH3 is 1. The molecule has 0 spiro atoms. The lowest BCUT2D eigenvalue weighted by Crippen LogP contribution is -2.18. The van der Waals surface area contributed by atoms with E-state index in [-0.39, 0.29) is 16.1 Å². The fourth-order valence-electron chi connectivity index (χ4n) is 3.17. The number of carbonyl (C=O) groups is 1. The zero-order valence-corrected chi connectivity index (χ0v) is 14.9. The van der Waals surface area contributed by atoms with Gasteiger partial charge in [-0.2, -0.15) is 0 Å². The molecular formula is C19H21NO4S. The third-order valence-corrected chi connectivity index (χ3v) is 6.77. The van der Waals surface area contributed by atoms with E-state index in [0.717, 1.165) is 12.8 Å². The van der Waals surface area contributed by atoms with Gasteiger partial charge in [0.05, 0.1) is 22.8 Å². The Balaban J connectivity index is 1.83. The van der Waals surface area contributed by atoms with E-state index in [9.17, 15) is 13.2 Å². The Labute approximate surface area is 147 Å². The lowest BCUT2D eigenvalue weighted by atomic mass is 10.2. The monoisotopic (exact) mass is 359 g/mol. The van der Waals surface area contributed by atoms with Crippen LogP contribution < -0.4 is 10.1 Å². The Morgan fingerprint density at radius 2 is 1.80 bits per heavy atom. The summed E-state index contributed by atoms with van der Waals surface area (Å²) in [7, 11) is -1.85. The second-order valence-corrected chi connectivity index (χ2v) is 8.36. The molecular weight excluding hydrogens is 338 g/mol. The lowest BCUT2D eigenvalue weighted by Gasteiger charge is -2.13. The molecule has 0 aliphatic heterocycles. The topological polar surface area (TPSA) is 72.5 Å². The summed E-state index contributed by atoms with van der Waals surface area (Å²) in [6, 6.07) is 13.3. The van der Waals surface area contributed by atoms with Crippen LogP contribution in [0, 0.1) is 0 Å². The highest BCUT2D eigenvalue weighted by Crippen LogP contribution is 2.30. The van der Waals surface area contributed by atoms with Crippen LogP contribution in [0.4, 0.5) is 5.69 Å². The fourth-order valence-corrected chi connectivity index (χ4v) is 5.07. The number of anilines is 1. The average molecular weight is 359 g/mol. The van der Waals surface area contributed by atoms with Crippen LogP contribution in [-0.2, 0) is 9.84 Å². The van der Waals surface area contributed by atoms with E-state index in [2.05, 4.69) is 5.32 Å². The molecule has 3 rings (SSSR count). The van der Waals surface area contributed by atoms with Crippen LogP contribution in [0.2, 0.25) is 0 Å². The summed E-state index contributed by atoms with van der Waals surface area (Å²) in [5.41, 5.74) is 0.851. The van der Waals surface area contributed by atoms with E-state index in [1.165, 1.54) is 13.2 Å². The Morgan fingerprint density at radius 3 is 2.52 bits per heavy atom. The van der Waals surface area contributed by atoms with Gasteiger partial charge in [0.15, 0.2) is 9.84 Å². The van der Waals surface area contributed by atoms with E-state index in [1.54, 1.807) is 42.5 Å². The Hall–Kier alpha value is -2.34. The number of para-hydroxylation sites is 1. The van der Waals surface area contributed by atoms with Gasteiger partial charge in [0, 0.05) is 5.69 Å². The van der Waals surface area contributed by atoms with Gasteiger partial charge < -0.3 is 10.1 Å². The van der Waals surface area contributed by atoms with Crippen molar-refractivity contribution in [2.24, 2.45) is 0 Å². The van der Waals surface area contributed by atoms with Gasteiger partial charge in [0.2, 0.25) is 0 Å². The number of rotatable bonds is 5.